The fourth-order valence-corrected chi connectivity index (χ4v) is 2.78. The molecule has 130 valence electrons. The molecule has 6 nitrogen and oxygen atoms in total. The number of nitrogens with zero attached hydrogens (tertiary/aromatic N) is 1. The summed E-state index contributed by atoms with van der Waals surface area (Å²) in [6.07, 6.45) is 3.60. The number of furan rings is 1. The van der Waals surface area contributed by atoms with Crippen LogP contribution in [0.15, 0.2) is 53.2 Å². The Hall–Kier alpha value is -2.73. The van der Waals surface area contributed by atoms with E-state index in [1.165, 1.54) is 5.01 Å². The van der Waals surface area contributed by atoms with Crippen LogP contribution in [0.4, 0.5) is 0 Å². The number of aliphatic carboxylic acids is 1. The topological polar surface area (TPSA) is 85.6 Å². The lowest BCUT2D eigenvalue weighted by Gasteiger charge is -2.24. The summed E-state index contributed by atoms with van der Waals surface area (Å²) in [6.45, 7) is 0. The summed E-state index contributed by atoms with van der Waals surface area (Å²) in [5, 5.41) is 12.6. The number of hydrazine groups is 1. The minimum atomic E-state index is -1.16. The molecule has 3 rings (SSSR count). The maximum Gasteiger partial charge on any atom is 0.241 e. The fourth-order valence-electron chi connectivity index (χ4n) is 2.65. The van der Waals surface area contributed by atoms with Crippen molar-refractivity contribution in [1.82, 2.24) is 10.4 Å². The highest BCUT2D eigenvalue weighted by Crippen LogP contribution is 2.32. The van der Waals surface area contributed by atoms with Gasteiger partial charge in [0, 0.05) is 17.4 Å². The van der Waals surface area contributed by atoms with Crippen LogP contribution >= 0.6 is 11.6 Å². The molecule has 1 N–H and O–H groups in total. The molecule has 0 bridgehead atoms. The Morgan fingerprint density at radius 3 is 2.60 bits per heavy atom. The highest BCUT2D eigenvalue weighted by atomic mass is 35.5. The van der Waals surface area contributed by atoms with E-state index in [4.69, 9.17) is 16.0 Å². The number of hydrogen-bond acceptors (Lipinski definition) is 5. The van der Waals surface area contributed by atoms with Gasteiger partial charge in [0.05, 0.1) is 12.0 Å². The maximum atomic E-state index is 12.5. The third-order valence-corrected chi connectivity index (χ3v) is 4.13. The largest absolute Gasteiger partial charge is 0.550 e. The monoisotopic (exact) mass is 359 g/mol. The van der Waals surface area contributed by atoms with E-state index in [1.54, 1.807) is 30.5 Å². The van der Waals surface area contributed by atoms with Crippen molar-refractivity contribution in [2.45, 2.75) is 25.3 Å². The first-order chi connectivity index (χ1) is 12.0. The van der Waals surface area contributed by atoms with Gasteiger partial charge in [0.2, 0.25) is 5.91 Å². The second-order valence-electron chi connectivity index (χ2n) is 5.65. The molecule has 7 heteroatoms. The number of amides is 1. The first-order valence-electron chi connectivity index (χ1n) is 7.84. The summed E-state index contributed by atoms with van der Waals surface area (Å²) in [4.78, 5) is 23.0. The van der Waals surface area contributed by atoms with E-state index in [0.29, 0.717) is 10.8 Å². The Kier molecular flexibility index (Phi) is 5.09. The summed E-state index contributed by atoms with van der Waals surface area (Å²) >= 11 is 5.92. The Bertz CT molecular complexity index is 784. The molecule has 25 heavy (non-hydrogen) atoms. The average molecular weight is 360 g/mol. The predicted molar refractivity (Wildman–Crippen MR) is 89.7 cm³/mol. The summed E-state index contributed by atoms with van der Waals surface area (Å²) in [5.74, 6) is -0.766. The Morgan fingerprint density at radius 1 is 1.20 bits per heavy atom. The summed E-state index contributed by atoms with van der Waals surface area (Å²) in [7, 11) is 0. The van der Waals surface area contributed by atoms with Crippen LogP contribution in [0.5, 0.6) is 0 Å². The molecule has 0 spiro atoms. The van der Waals surface area contributed by atoms with Crippen LogP contribution in [0.1, 0.15) is 36.6 Å². The van der Waals surface area contributed by atoms with Gasteiger partial charge < -0.3 is 14.3 Å². The molecule has 1 atom stereocenters. The first-order valence-corrected chi connectivity index (χ1v) is 8.22. The quantitative estimate of drug-likeness (QED) is 0.855. The summed E-state index contributed by atoms with van der Waals surface area (Å²) in [5.41, 5.74) is 4.72. The molecule has 0 saturated heterocycles. The molecular formula is C18H16ClN2O4-. The minimum Gasteiger partial charge on any atom is -0.550 e. The van der Waals surface area contributed by atoms with E-state index in [0.717, 1.165) is 11.3 Å². The van der Waals surface area contributed by atoms with Gasteiger partial charge in [-0.15, -0.1) is 0 Å². The van der Waals surface area contributed by atoms with Crippen molar-refractivity contribution in [2.24, 2.45) is 0 Å². The van der Waals surface area contributed by atoms with E-state index in [2.05, 4.69) is 5.43 Å². The molecule has 1 amide bonds. The molecule has 1 aromatic carbocycles. The minimum absolute atomic E-state index is 0.0971. The lowest BCUT2D eigenvalue weighted by Crippen LogP contribution is -2.39. The number of carbonyl (C=O) groups excluding carboxylic acids is 2. The highest BCUT2D eigenvalue weighted by molar-refractivity contribution is 6.30. The number of hydrogen-bond donors (Lipinski definition) is 1. The third-order valence-electron chi connectivity index (χ3n) is 3.87. The van der Waals surface area contributed by atoms with Crippen LogP contribution in [0, 0.1) is 0 Å². The zero-order valence-electron chi connectivity index (χ0n) is 13.3. The molecule has 0 fully saturated rings. The molecule has 0 unspecified atom stereocenters. The van der Waals surface area contributed by atoms with E-state index < -0.39 is 12.0 Å². The summed E-state index contributed by atoms with van der Waals surface area (Å²) < 4.78 is 5.44. The van der Waals surface area contributed by atoms with Gasteiger partial charge in [-0.2, -0.15) is 0 Å². The van der Waals surface area contributed by atoms with E-state index in [-0.39, 0.29) is 25.2 Å². The van der Waals surface area contributed by atoms with Gasteiger partial charge in [-0.05, 0) is 48.7 Å². The number of halogens is 1. The average Bonchev–Trinajstić information content (AvgIpc) is 3.24. The molecule has 2 aromatic rings. The van der Waals surface area contributed by atoms with Crippen LogP contribution in [0.3, 0.4) is 0 Å². The van der Waals surface area contributed by atoms with Gasteiger partial charge in [0.25, 0.3) is 0 Å². The van der Waals surface area contributed by atoms with Crippen LogP contribution in [0.2, 0.25) is 5.02 Å². The van der Waals surface area contributed by atoms with E-state index >= 15 is 0 Å². The number of carbonyl (C=O) groups is 2. The van der Waals surface area contributed by atoms with Crippen molar-refractivity contribution < 1.29 is 19.1 Å². The Balaban J connectivity index is 1.79. The Morgan fingerprint density at radius 2 is 1.96 bits per heavy atom. The zero-order valence-corrected chi connectivity index (χ0v) is 14.0. The van der Waals surface area contributed by atoms with Gasteiger partial charge in [-0.1, -0.05) is 23.7 Å². The molecule has 1 aliphatic heterocycles. The Labute approximate surface area is 149 Å². The number of carboxylic acids is 1. The smallest absolute Gasteiger partial charge is 0.241 e. The number of carboxylic acid groups (broad SMARTS) is 1. The zero-order chi connectivity index (χ0) is 17.8. The van der Waals surface area contributed by atoms with E-state index in [9.17, 15) is 14.7 Å². The van der Waals surface area contributed by atoms with Gasteiger partial charge in [-0.25, -0.2) is 5.01 Å². The van der Waals surface area contributed by atoms with Gasteiger partial charge >= 0.3 is 0 Å². The van der Waals surface area contributed by atoms with Crippen molar-refractivity contribution in [2.75, 3.05) is 0 Å². The van der Waals surface area contributed by atoms with Crippen molar-refractivity contribution in [3.8, 4) is 0 Å². The van der Waals surface area contributed by atoms with Crippen molar-refractivity contribution >= 4 is 29.2 Å². The van der Waals surface area contributed by atoms with Crippen LogP contribution < -0.4 is 10.5 Å². The second kappa shape index (κ2) is 7.44. The SMILES string of the molecule is O=C([O-])CCCC(=O)N1NC(c2ccc(Cl)cc2)=C[C@H]1c1ccco1. The molecule has 0 saturated carbocycles. The normalized spacial score (nSPS) is 16.4. The second-order valence-corrected chi connectivity index (χ2v) is 6.09. The molecule has 1 aliphatic rings. The predicted octanol–water partition coefficient (Wildman–Crippen LogP) is 2.28. The number of nitrogens with one attached hydrogen (secondary N) is 1. The first kappa shape index (κ1) is 17.1. The molecule has 1 aromatic heterocycles. The molecular weight excluding hydrogens is 344 g/mol. The van der Waals surface area contributed by atoms with Crippen molar-refractivity contribution in [1.29, 1.82) is 0 Å². The van der Waals surface area contributed by atoms with Crippen LogP contribution in [0.25, 0.3) is 5.70 Å². The lowest BCUT2D eigenvalue weighted by molar-refractivity contribution is -0.305. The molecule has 2 heterocycles. The third kappa shape index (κ3) is 4.03. The van der Waals surface area contributed by atoms with E-state index in [1.807, 2.05) is 18.2 Å². The fraction of sp³-hybridized carbons (Fsp3) is 0.222. The van der Waals surface area contributed by atoms with Gasteiger partial charge in [0.15, 0.2) is 0 Å². The maximum absolute atomic E-state index is 12.5. The summed E-state index contributed by atoms with van der Waals surface area (Å²) in [6, 6.07) is 10.4. The molecule has 0 radical (unpaired) electrons. The molecule has 0 aliphatic carbocycles. The highest BCUT2D eigenvalue weighted by Gasteiger charge is 2.32. The number of rotatable bonds is 6. The van der Waals surface area contributed by atoms with Crippen molar-refractivity contribution in [3.63, 3.8) is 0 Å². The number of benzene rings is 1. The van der Waals surface area contributed by atoms with Crippen LogP contribution in [-0.2, 0) is 9.59 Å². The lowest BCUT2D eigenvalue weighted by atomic mass is 10.1. The standard InChI is InChI=1S/C18H17ClN2O4/c19-13-8-6-12(7-9-13)14-11-15(16-3-2-10-25-16)21(20-14)17(22)4-1-5-18(23)24/h2-3,6-11,15,20H,1,4-5H2,(H,23,24)/p-1/t15-/m0/s1. The van der Waals surface area contributed by atoms with Gasteiger partial charge in [-0.3, -0.25) is 10.2 Å². The van der Waals surface area contributed by atoms with Crippen LogP contribution in [-0.4, -0.2) is 16.9 Å². The van der Waals surface area contributed by atoms with Gasteiger partial charge in [0.1, 0.15) is 11.8 Å². The van der Waals surface area contributed by atoms with Crippen molar-refractivity contribution in [3.05, 3.63) is 65.1 Å².